The van der Waals surface area contributed by atoms with Gasteiger partial charge in [-0.15, -0.1) is 0 Å². The van der Waals surface area contributed by atoms with Crippen LogP contribution >= 0.6 is 0 Å². The highest BCUT2D eigenvalue weighted by Gasteiger charge is 2.20. The quantitative estimate of drug-likeness (QED) is 0.757. The number of hydrogen-bond donors (Lipinski definition) is 1. The maximum atomic E-state index is 11.9. The van der Waals surface area contributed by atoms with E-state index in [4.69, 9.17) is 5.73 Å². The minimum Gasteiger partial charge on any atom is -0.468 e. The molecule has 98 valence electrons. The molecule has 0 fully saturated rings. The van der Waals surface area contributed by atoms with E-state index in [1.165, 1.54) is 19.1 Å². The number of rotatable bonds is 5. The Morgan fingerprint density at radius 2 is 1.94 bits per heavy atom. The second-order valence-corrected chi connectivity index (χ2v) is 4.07. The largest absolute Gasteiger partial charge is 0.468 e. The van der Waals surface area contributed by atoms with E-state index in [1.807, 2.05) is 30.3 Å². The third-order valence-electron chi connectivity index (χ3n) is 2.59. The zero-order valence-electron chi connectivity index (χ0n) is 10.6. The van der Waals surface area contributed by atoms with Gasteiger partial charge < -0.3 is 15.4 Å². The van der Waals surface area contributed by atoms with Crippen molar-refractivity contribution in [3.05, 3.63) is 35.9 Å². The molecule has 1 rings (SSSR count). The minimum atomic E-state index is -0.651. The van der Waals surface area contributed by atoms with Crippen LogP contribution in [0, 0.1) is 0 Å². The number of ether oxygens (including phenoxy) is 1. The first-order chi connectivity index (χ1) is 8.54. The number of amides is 1. The molecule has 0 aliphatic carbocycles. The molecule has 0 bridgehead atoms. The van der Waals surface area contributed by atoms with E-state index in [0.717, 1.165) is 5.56 Å². The molecular formula is C13H18N2O3. The molecule has 1 aromatic carbocycles. The van der Waals surface area contributed by atoms with Crippen LogP contribution in [-0.2, 0) is 20.7 Å². The zero-order valence-corrected chi connectivity index (χ0v) is 10.6. The van der Waals surface area contributed by atoms with Gasteiger partial charge in [-0.25, -0.2) is 0 Å². The maximum absolute atomic E-state index is 11.9. The highest BCUT2D eigenvalue weighted by atomic mass is 16.5. The van der Waals surface area contributed by atoms with Crippen LogP contribution < -0.4 is 5.73 Å². The van der Waals surface area contributed by atoms with Crippen LogP contribution in [0.3, 0.4) is 0 Å². The summed E-state index contributed by atoms with van der Waals surface area (Å²) in [5.74, 6) is -0.734. The lowest BCUT2D eigenvalue weighted by molar-refractivity contribution is -0.146. The van der Waals surface area contributed by atoms with Gasteiger partial charge in [0.2, 0.25) is 5.91 Å². The van der Waals surface area contributed by atoms with Crippen LogP contribution in [0.15, 0.2) is 30.3 Å². The van der Waals surface area contributed by atoms with E-state index >= 15 is 0 Å². The lowest BCUT2D eigenvalue weighted by Crippen LogP contribution is -2.45. The average molecular weight is 250 g/mol. The normalized spacial score (nSPS) is 11.7. The third kappa shape index (κ3) is 4.18. The number of hydrogen-bond acceptors (Lipinski definition) is 4. The van der Waals surface area contributed by atoms with E-state index in [9.17, 15) is 9.59 Å². The standard InChI is InChI=1S/C13H18N2O3/c1-15(9-12(16)18-2)13(17)11(14)8-10-6-4-3-5-7-10/h3-7,11H,8-9,14H2,1-2H3/t11-/m0/s1. The molecule has 1 amide bonds. The van der Waals surface area contributed by atoms with Gasteiger partial charge in [0.25, 0.3) is 0 Å². The van der Waals surface area contributed by atoms with E-state index < -0.39 is 12.0 Å². The van der Waals surface area contributed by atoms with Gasteiger partial charge in [-0.05, 0) is 12.0 Å². The van der Waals surface area contributed by atoms with Crippen molar-refractivity contribution in [2.45, 2.75) is 12.5 Å². The van der Waals surface area contributed by atoms with Crippen molar-refractivity contribution in [2.24, 2.45) is 5.73 Å². The van der Waals surface area contributed by atoms with Crippen LogP contribution in [0.1, 0.15) is 5.56 Å². The summed E-state index contributed by atoms with van der Waals surface area (Å²) in [5.41, 5.74) is 6.81. The van der Waals surface area contributed by atoms with Crippen LogP contribution in [-0.4, -0.2) is 43.5 Å². The summed E-state index contributed by atoms with van der Waals surface area (Å²) >= 11 is 0. The van der Waals surface area contributed by atoms with Gasteiger partial charge in [-0.1, -0.05) is 30.3 Å². The molecule has 0 unspecified atom stereocenters. The molecule has 0 radical (unpaired) electrons. The molecule has 0 spiro atoms. The van der Waals surface area contributed by atoms with Crippen molar-refractivity contribution >= 4 is 11.9 Å². The number of methoxy groups -OCH3 is 1. The molecule has 0 aliphatic rings. The molecular weight excluding hydrogens is 232 g/mol. The smallest absolute Gasteiger partial charge is 0.325 e. The Hall–Kier alpha value is -1.88. The topological polar surface area (TPSA) is 72.6 Å². The van der Waals surface area contributed by atoms with E-state index in [2.05, 4.69) is 4.74 Å². The van der Waals surface area contributed by atoms with E-state index in [1.54, 1.807) is 0 Å². The number of carbonyl (C=O) groups is 2. The van der Waals surface area contributed by atoms with Crippen LogP contribution in [0.4, 0.5) is 0 Å². The molecule has 2 N–H and O–H groups in total. The molecule has 0 saturated carbocycles. The van der Waals surface area contributed by atoms with Gasteiger partial charge in [-0.2, -0.15) is 0 Å². The predicted octanol–water partition coefficient (Wildman–Crippen LogP) is 0.188. The molecule has 1 aromatic rings. The van der Waals surface area contributed by atoms with E-state index in [-0.39, 0.29) is 12.5 Å². The van der Waals surface area contributed by atoms with Gasteiger partial charge in [0.1, 0.15) is 6.54 Å². The van der Waals surface area contributed by atoms with Gasteiger partial charge >= 0.3 is 5.97 Å². The number of likely N-dealkylation sites (N-methyl/N-ethyl adjacent to an activating group) is 1. The summed E-state index contributed by atoms with van der Waals surface area (Å²) in [6, 6.07) is 8.86. The molecule has 0 saturated heterocycles. The van der Waals surface area contributed by atoms with Crippen LogP contribution in [0.2, 0.25) is 0 Å². The number of benzene rings is 1. The maximum Gasteiger partial charge on any atom is 0.325 e. The number of esters is 1. The first kappa shape index (κ1) is 14.2. The Balaban J connectivity index is 2.53. The number of carbonyl (C=O) groups excluding carboxylic acids is 2. The Kier molecular flexibility index (Phi) is 5.32. The number of nitrogens with two attached hydrogens (primary N) is 1. The second kappa shape index (κ2) is 6.76. The van der Waals surface area contributed by atoms with Crippen LogP contribution in [0.5, 0.6) is 0 Å². The SMILES string of the molecule is COC(=O)CN(C)C(=O)[C@@H](N)Cc1ccccc1. The lowest BCUT2D eigenvalue weighted by atomic mass is 10.1. The Morgan fingerprint density at radius 1 is 1.33 bits per heavy atom. The lowest BCUT2D eigenvalue weighted by Gasteiger charge is -2.20. The fourth-order valence-corrected chi connectivity index (χ4v) is 1.57. The molecule has 18 heavy (non-hydrogen) atoms. The van der Waals surface area contributed by atoms with Crippen molar-refractivity contribution in [1.29, 1.82) is 0 Å². The first-order valence-electron chi connectivity index (χ1n) is 5.66. The summed E-state index contributed by atoms with van der Waals surface area (Å²) in [4.78, 5) is 24.2. The van der Waals surface area contributed by atoms with Crippen molar-refractivity contribution < 1.29 is 14.3 Å². The monoisotopic (exact) mass is 250 g/mol. The average Bonchev–Trinajstić information content (AvgIpc) is 2.38. The van der Waals surface area contributed by atoms with Crippen molar-refractivity contribution in [3.8, 4) is 0 Å². The van der Waals surface area contributed by atoms with E-state index in [0.29, 0.717) is 6.42 Å². The molecule has 0 aliphatic heterocycles. The van der Waals surface area contributed by atoms with Crippen molar-refractivity contribution in [2.75, 3.05) is 20.7 Å². The molecule has 5 nitrogen and oxygen atoms in total. The van der Waals surface area contributed by atoms with Gasteiger partial charge in [0.05, 0.1) is 13.2 Å². The van der Waals surface area contributed by atoms with Crippen LogP contribution in [0.25, 0.3) is 0 Å². The first-order valence-corrected chi connectivity index (χ1v) is 5.66. The Labute approximate surface area is 107 Å². The van der Waals surface area contributed by atoms with Gasteiger partial charge in [-0.3, -0.25) is 9.59 Å². The molecule has 0 heterocycles. The number of nitrogens with zero attached hydrogens (tertiary/aromatic N) is 1. The summed E-state index contributed by atoms with van der Waals surface area (Å²) in [6.07, 6.45) is 0.450. The summed E-state index contributed by atoms with van der Waals surface area (Å²) in [7, 11) is 2.81. The highest BCUT2D eigenvalue weighted by molar-refractivity contribution is 5.85. The molecule has 5 heteroatoms. The van der Waals surface area contributed by atoms with Crippen molar-refractivity contribution in [1.82, 2.24) is 4.90 Å². The summed E-state index contributed by atoms with van der Waals surface area (Å²) in [6.45, 7) is -0.0855. The zero-order chi connectivity index (χ0) is 13.5. The Morgan fingerprint density at radius 3 is 2.50 bits per heavy atom. The molecule has 0 aromatic heterocycles. The summed E-state index contributed by atoms with van der Waals surface area (Å²) in [5, 5.41) is 0. The molecule has 1 atom stereocenters. The summed E-state index contributed by atoms with van der Waals surface area (Å²) < 4.78 is 4.50. The Bertz CT molecular complexity index is 406. The minimum absolute atomic E-state index is 0.0855. The fraction of sp³-hybridized carbons (Fsp3) is 0.385. The van der Waals surface area contributed by atoms with Gasteiger partial charge in [0, 0.05) is 7.05 Å². The highest BCUT2D eigenvalue weighted by Crippen LogP contribution is 2.03. The van der Waals surface area contributed by atoms with Gasteiger partial charge in [0.15, 0.2) is 0 Å². The third-order valence-corrected chi connectivity index (χ3v) is 2.59. The van der Waals surface area contributed by atoms with Crippen molar-refractivity contribution in [3.63, 3.8) is 0 Å². The predicted molar refractivity (Wildman–Crippen MR) is 67.8 cm³/mol. The fourth-order valence-electron chi connectivity index (χ4n) is 1.57. The second-order valence-electron chi connectivity index (χ2n) is 4.07.